The van der Waals surface area contributed by atoms with Crippen molar-refractivity contribution in [2.45, 2.75) is 5.09 Å². The van der Waals surface area contributed by atoms with E-state index in [4.69, 9.17) is 10.2 Å². The van der Waals surface area contributed by atoms with E-state index < -0.39 is 15.9 Å². The predicted molar refractivity (Wildman–Crippen MR) is 118 cm³/mol. The average Bonchev–Trinajstić information content (AvgIpc) is 3.35. The monoisotopic (exact) mass is 464 g/mol. The number of nitriles is 1. The lowest BCUT2D eigenvalue weighted by Crippen LogP contribution is -2.50. The van der Waals surface area contributed by atoms with Crippen LogP contribution < -0.4 is 5.73 Å². The van der Waals surface area contributed by atoms with E-state index in [0.717, 1.165) is 0 Å². The number of nitrogens with zero attached hydrogens (tertiary/aromatic N) is 3. The number of hydrogen-bond donors (Lipinski definition) is 1. The van der Waals surface area contributed by atoms with Crippen molar-refractivity contribution in [1.29, 1.82) is 5.26 Å². The van der Waals surface area contributed by atoms with Crippen molar-refractivity contribution in [2.24, 2.45) is 5.73 Å². The molecule has 0 bridgehead atoms. The lowest BCUT2D eigenvalue weighted by Gasteiger charge is -2.33. The molecular weight excluding hydrogens is 444 g/mol. The maximum Gasteiger partial charge on any atom is 0.284 e. The maximum atomic E-state index is 13.3. The van der Waals surface area contributed by atoms with E-state index in [1.54, 1.807) is 53.4 Å². The first-order chi connectivity index (χ1) is 15.8. The van der Waals surface area contributed by atoms with Crippen molar-refractivity contribution in [3.63, 3.8) is 0 Å². The number of nitrogens with two attached hydrogens (primary N) is 1. The molecule has 2 amide bonds. The molecule has 0 aliphatic carbocycles. The molecule has 168 valence electrons. The molecule has 2 aromatic carbocycles. The fourth-order valence-electron chi connectivity index (χ4n) is 3.74. The third-order valence-electron chi connectivity index (χ3n) is 5.44. The van der Waals surface area contributed by atoms with Crippen LogP contribution >= 0.6 is 0 Å². The summed E-state index contributed by atoms with van der Waals surface area (Å²) in [7, 11) is -3.96. The second kappa shape index (κ2) is 8.90. The Morgan fingerprint density at radius 3 is 2.18 bits per heavy atom. The van der Waals surface area contributed by atoms with Crippen molar-refractivity contribution in [3.05, 3.63) is 77.6 Å². The smallest absolute Gasteiger partial charge is 0.284 e. The summed E-state index contributed by atoms with van der Waals surface area (Å²) >= 11 is 0. The number of carbonyl (C=O) groups excluding carboxylic acids is 2. The van der Waals surface area contributed by atoms with E-state index in [1.807, 2.05) is 0 Å². The van der Waals surface area contributed by atoms with Crippen LogP contribution in [0.5, 0.6) is 0 Å². The summed E-state index contributed by atoms with van der Waals surface area (Å²) in [5, 5.41) is 9.08. The quantitative estimate of drug-likeness (QED) is 0.613. The molecule has 1 aromatic heterocycles. The molecule has 0 unspecified atom stereocenters. The van der Waals surface area contributed by atoms with Crippen LogP contribution in [0.2, 0.25) is 0 Å². The normalized spacial score (nSPS) is 14.6. The Balaban J connectivity index is 1.53. The van der Waals surface area contributed by atoms with E-state index >= 15 is 0 Å². The van der Waals surface area contributed by atoms with Gasteiger partial charge in [0.05, 0.1) is 11.6 Å². The second-order valence-corrected chi connectivity index (χ2v) is 9.25. The van der Waals surface area contributed by atoms with Crippen LogP contribution in [0.1, 0.15) is 26.5 Å². The van der Waals surface area contributed by atoms with Gasteiger partial charge in [0.2, 0.25) is 5.09 Å². The van der Waals surface area contributed by atoms with Crippen LogP contribution in [0.15, 0.2) is 70.2 Å². The van der Waals surface area contributed by atoms with Crippen molar-refractivity contribution >= 4 is 21.8 Å². The zero-order valence-corrected chi connectivity index (χ0v) is 18.3. The van der Waals surface area contributed by atoms with Crippen LogP contribution in [-0.2, 0) is 10.0 Å². The third-order valence-corrected chi connectivity index (χ3v) is 7.21. The van der Waals surface area contributed by atoms with Crippen LogP contribution in [0.25, 0.3) is 11.1 Å². The van der Waals surface area contributed by atoms with E-state index in [2.05, 4.69) is 6.07 Å². The Morgan fingerprint density at radius 2 is 1.55 bits per heavy atom. The summed E-state index contributed by atoms with van der Waals surface area (Å²) in [6, 6.07) is 18.6. The van der Waals surface area contributed by atoms with Gasteiger partial charge in [0.15, 0.2) is 5.76 Å². The minimum absolute atomic E-state index is 0.0671. The number of rotatable bonds is 5. The summed E-state index contributed by atoms with van der Waals surface area (Å²) in [4.78, 5) is 26.1. The molecule has 0 spiro atoms. The molecule has 1 aliphatic heterocycles. The van der Waals surface area contributed by atoms with Crippen molar-refractivity contribution in [1.82, 2.24) is 9.21 Å². The first-order valence-corrected chi connectivity index (χ1v) is 11.5. The molecule has 33 heavy (non-hydrogen) atoms. The van der Waals surface area contributed by atoms with Gasteiger partial charge in [0, 0.05) is 37.3 Å². The van der Waals surface area contributed by atoms with Gasteiger partial charge in [-0.25, -0.2) is 8.42 Å². The van der Waals surface area contributed by atoms with Crippen LogP contribution in [-0.4, -0.2) is 55.6 Å². The van der Waals surface area contributed by atoms with Gasteiger partial charge in [-0.15, -0.1) is 0 Å². The number of benzene rings is 2. The molecule has 0 saturated carbocycles. The molecule has 1 fully saturated rings. The highest BCUT2D eigenvalue weighted by molar-refractivity contribution is 7.89. The van der Waals surface area contributed by atoms with Crippen LogP contribution in [0, 0.1) is 11.3 Å². The van der Waals surface area contributed by atoms with Crippen molar-refractivity contribution in [3.8, 4) is 17.2 Å². The molecule has 4 rings (SSSR count). The summed E-state index contributed by atoms with van der Waals surface area (Å²) in [6.45, 7) is 0.487. The van der Waals surface area contributed by atoms with Gasteiger partial charge in [0.25, 0.3) is 21.8 Å². The largest absolute Gasteiger partial charge is 0.438 e. The average molecular weight is 465 g/mol. The predicted octanol–water partition coefficient (Wildman–Crippen LogP) is 2.06. The van der Waals surface area contributed by atoms with Gasteiger partial charge < -0.3 is 15.1 Å². The minimum Gasteiger partial charge on any atom is -0.438 e. The Kier molecular flexibility index (Phi) is 6.00. The van der Waals surface area contributed by atoms with Gasteiger partial charge in [0.1, 0.15) is 0 Å². The fourth-order valence-corrected chi connectivity index (χ4v) is 5.07. The number of carbonyl (C=O) groups is 2. The Hall–Kier alpha value is -3.94. The van der Waals surface area contributed by atoms with Gasteiger partial charge in [-0.2, -0.15) is 9.57 Å². The number of hydrogen-bond acceptors (Lipinski definition) is 6. The molecule has 10 heteroatoms. The molecule has 1 saturated heterocycles. The number of furan rings is 1. The summed E-state index contributed by atoms with van der Waals surface area (Å²) in [5.41, 5.74) is 7.33. The minimum atomic E-state index is -3.96. The highest BCUT2D eigenvalue weighted by Crippen LogP contribution is 2.28. The number of primary amides is 1. The number of amides is 2. The third kappa shape index (κ3) is 4.24. The lowest BCUT2D eigenvalue weighted by molar-refractivity contribution is 0.0697. The molecule has 1 aliphatic rings. The number of piperazine rings is 1. The van der Waals surface area contributed by atoms with Crippen molar-refractivity contribution in [2.75, 3.05) is 26.2 Å². The SMILES string of the molecule is N#Cc1ccccc1-c1ccccc1C(=O)N1CCN(S(=O)(=O)c2ccc(C(N)=O)o2)CC1. The zero-order chi connectivity index (χ0) is 23.6. The summed E-state index contributed by atoms with van der Waals surface area (Å²) < 4.78 is 31.9. The van der Waals surface area contributed by atoms with E-state index in [1.165, 1.54) is 16.4 Å². The van der Waals surface area contributed by atoms with E-state index in [9.17, 15) is 23.3 Å². The molecule has 9 nitrogen and oxygen atoms in total. The zero-order valence-electron chi connectivity index (χ0n) is 17.5. The van der Waals surface area contributed by atoms with Crippen molar-refractivity contribution < 1.29 is 22.4 Å². The fraction of sp³-hybridized carbons (Fsp3) is 0.174. The maximum absolute atomic E-state index is 13.3. The van der Waals surface area contributed by atoms with Crippen LogP contribution in [0.3, 0.4) is 0 Å². The lowest BCUT2D eigenvalue weighted by atomic mass is 9.95. The standard InChI is InChI=1S/C23H20N4O5S/c24-15-16-5-1-2-6-17(16)18-7-3-4-8-19(18)23(29)26-11-13-27(14-12-26)33(30,31)21-10-9-20(32-21)22(25)28/h1-10H,11-14H2,(H2,25,28). The molecule has 0 radical (unpaired) electrons. The molecule has 0 atom stereocenters. The first kappa shape index (κ1) is 22.3. The highest BCUT2D eigenvalue weighted by Gasteiger charge is 2.33. The topological polar surface area (TPSA) is 138 Å². The van der Waals surface area contributed by atoms with Gasteiger partial charge in [-0.05, 0) is 29.8 Å². The molecule has 2 heterocycles. The van der Waals surface area contributed by atoms with E-state index in [-0.39, 0.29) is 42.9 Å². The summed E-state index contributed by atoms with van der Waals surface area (Å²) in [6.07, 6.45) is 0. The second-order valence-electron chi connectivity index (χ2n) is 7.38. The molecular formula is C23H20N4O5S. The molecule has 3 aromatic rings. The summed E-state index contributed by atoms with van der Waals surface area (Å²) in [5.74, 6) is -1.34. The van der Waals surface area contributed by atoms with E-state index in [0.29, 0.717) is 22.3 Å². The Bertz CT molecular complexity index is 1370. The number of sulfonamides is 1. The first-order valence-electron chi connectivity index (χ1n) is 10.1. The van der Waals surface area contributed by atoms with Crippen LogP contribution in [0.4, 0.5) is 0 Å². The van der Waals surface area contributed by atoms with Gasteiger partial charge in [-0.3, -0.25) is 9.59 Å². The Labute approximate surface area is 190 Å². The molecule has 2 N–H and O–H groups in total. The van der Waals surface area contributed by atoms with Gasteiger partial charge >= 0.3 is 0 Å². The van der Waals surface area contributed by atoms with Gasteiger partial charge in [-0.1, -0.05) is 36.4 Å². The Morgan fingerprint density at radius 1 is 0.909 bits per heavy atom. The highest BCUT2D eigenvalue weighted by atomic mass is 32.2.